The van der Waals surface area contributed by atoms with Gasteiger partial charge in [-0.15, -0.1) is 11.3 Å². The van der Waals surface area contributed by atoms with Gasteiger partial charge in [0.25, 0.3) is 0 Å². The SMILES string of the molecule is COCC(NN)c1cc(C)c(C)s1. The third-order valence-corrected chi connectivity index (χ3v) is 3.33. The molecule has 0 aliphatic carbocycles. The molecule has 74 valence electrons. The van der Waals surface area contributed by atoms with Gasteiger partial charge in [-0.25, -0.2) is 5.43 Å². The van der Waals surface area contributed by atoms with Crippen molar-refractivity contribution in [3.05, 3.63) is 21.4 Å². The van der Waals surface area contributed by atoms with Crippen LogP contribution in [0.15, 0.2) is 6.07 Å². The zero-order chi connectivity index (χ0) is 9.84. The summed E-state index contributed by atoms with van der Waals surface area (Å²) in [5.41, 5.74) is 4.06. The molecule has 0 spiro atoms. The third-order valence-electron chi connectivity index (χ3n) is 2.06. The number of hydrogen-bond acceptors (Lipinski definition) is 4. The van der Waals surface area contributed by atoms with Gasteiger partial charge in [0, 0.05) is 16.9 Å². The van der Waals surface area contributed by atoms with Crippen LogP contribution < -0.4 is 11.3 Å². The minimum absolute atomic E-state index is 0.113. The topological polar surface area (TPSA) is 47.3 Å². The van der Waals surface area contributed by atoms with Crippen molar-refractivity contribution in [1.82, 2.24) is 5.43 Å². The predicted octanol–water partition coefficient (Wildman–Crippen LogP) is 1.52. The summed E-state index contributed by atoms with van der Waals surface area (Å²) in [7, 11) is 1.68. The number of hydrogen-bond donors (Lipinski definition) is 2. The molecule has 4 heteroatoms. The second kappa shape index (κ2) is 4.72. The molecule has 1 aromatic rings. The Bertz CT molecular complexity index is 253. The molecule has 0 saturated heterocycles. The van der Waals surface area contributed by atoms with Gasteiger partial charge in [-0.1, -0.05) is 0 Å². The summed E-state index contributed by atoms with van der Waals surface area (Å²) in [4.78, 5) is 2.57. The van der Waals surface area contributed by atoms with Crippen LogP contribution >= 0.6 is 11.3 Å². The van der Waals surface area contributed by atoms with E-state index in [0.29, 0.717) is 6.61 Å². The number of hydrazine groups is 1. The monoisotopic (exact) mass is 200 g/mol. The Kier molecular flexibility index (Phi) is 3.87. The zero-order valence-electron chi connectivity index (χ0n) is 8.26. The van der Waals surface area contributed by atoms with Gasteiger partial charge in [-0.3, -0.25) is 5.84 Å². The zero-order valence-corrected chi connectivity index (χ0v) is 9.07. The second-order valence-corrected chi connectivity index (χ2v) is 4.35. The molecular weight excluding hydrogens is 184 g/mol. The van der Waals surface area contributed by atoms with Gasteiger partial charge in [0.1, 0.15) is 0 Å². The first kappa shape index (κ1) is 10.7. The fourth-order valence-electron chi connectivity index (χ4n) is 1.15. The Hall–Kier alpha value is -0.420. The normalized spacial score (nSPS) is 13.2. The Balaban J connectivity index is 2.78. The lowest BCUT2D eigenvalue weighted by Crippen LogP contribution is -2.30. The maximum atomic E-state index is 5.43. The van der Waals surface area contributed by atoms with Gasteiger partial charge in [0.05, 0.1) is 12.6 Å². The number of methoxy groups -OCH3 is 1. The Morgan fingerprint density at radius 1 is 1.62 bits per heavy atom. The van der Waals surface area contributed by atoms with Crippen molar-refractivity contribution in [3.63, 3.8) is 0 Å². The van der Waals surface area contributed by atoms with E-state index in [0.717, 1.165) is 0 Å². The molecule has 3 nitrogen and oxygen atoms in total. The van der Waals surface area contributed by atoms with Gasteiger partial charge in [0.15, 0.2) is 0 Å². The molecule has 1 aromatic heterocycles. The van der Waals surface area contributed by atoms with Crippen molar-refractivity contribution in [2.24, 2.45) is 5.84 Å². The van der Waals surface area contributed by atoms with E-state index in [4.69, 9.17) is 10.6 Å². The van der Waals surface area contributed by atoms with Crippen molar-refractivity contribution >= 4 is 11.3 Å². The van der Waals surface area contributed by atoms with Crippen LogP contribution in [0.1, 0.15) is 21.4 Å². The van der Waals surface area contributed by atoms with E-state index < -0.39 is 0 Å². The molecule has 13 heavy (non-hydrogen) atoms. The number of ether oxygens (including phenoxy) is 1. The molecule has 0 aliphatic rings. The first-order valence-electron chi connectivity index (χ1n) is 4.21. The van der Waals surface area contributed by atoms with Crippen LogP contribution in [-0.2, 0) is 4.74 Å². The van der Waals surface area contributed by atoms with Crippen LogP contribution in [0.3, 0.4) is 0 Å². The minimum atomic E-state index is 0.113. The molecule has 0 bridgehead atoms. The van der Waals surface area contributed by atoms with E-state index in [1.807, 2.05) is 0 Å². The summed E-state index contributed by atoms with van der Waals surface area (Å²) < 4.78 is 5.06. The summed E-state index contributed by atoms with van der Waals surface area (Å²) in [5.74, 6) is 5.43. The molecule has 0 amide bonds. The number of thiophene rings is 1. The van der Waals surface area contributed by atoms with Crippen LogP contribution in [0.4, 0.5) is 0 Å². The average Bonchev–Trinajstić information content (AvgIpc) is 2.43. The molecule has 1 unspecified atom stereocenters. The number of nitrogens with one attached hydrogen (secondary N) is 1. The summed E-state index contributed by atoms with van der Waals surface area (Å²) >= 11 is 1.76. The Morgan fingerprint density at radius 2 is 2.31 bits per heavy atom. The van der Waals surface area contributed by atoms with Gasteiger partial charge in [-0.2, -0.15) is 0 Å². The molecule has 0 radical (unpaired) electrons. The summed E-state index contributed by atoms with van der Waals surface area (Å²) in [6.07, 6.45) is 0. The maximum absolute atomic E-state index is 5.43. The highest BCUT2D eigenvalue weighted by Gasteiger charge is 2.12. The molecule has 1 heterocycles. The molecule has 0 saturated carbocycles. The number of nitrogens with two attached hydrogens (primary N) is 1. The highest BCUT2D eigenvalue weighted by molar-refractivity contribution is 7.12. The number of aryl methyl sites for hydroxylation is 2. The van der Waals surface area contributed by atoms with Gasteiger partial charge >= 0.3 is 0 Å². The minimum Gasteiger partial charge on any atom is -0.383 e. The van der Waals surface area contributed by atoms with Crippen molar-refractivity contribution in [2.75, 3.05) is 13.7 Å². The largest absolute Gasteiger partial charge is 0.383 e. The second-order valence-electron chi connectivity index (χ2n) is 3.06. The Labute approximate surface area is 82.9 Å². The lowest BCUT2D eigenvalue weighted by atomic mass is 10.2. The average molecular weight is 200 g/mol. The standard InChI is InChI=1S/C9H16N2OS/c1-6-4-9(13-7(6)2)8(11-10)5-12-3/h4,8,11H,5,10H2,1-3H3. The highest BCUT2D eigenvalue weighted by Crippen LogP contribution is 2.25. The van der Waals surface area contributed by atoms with Crippen molar-refractivity contribution in [3.8, 4) is 0 Å². The molecule has 0 fully saturated rings. The molecule has 0 aromatic carbocycles. The molecular formula is C9H16N2OS. The lowest BCUT2D eigenvalue weighted by Gasteiger charge is -2.12. The van der Waals surface area contributed by atoms with Crippen LogP contribution in [0, 0.1) is 13.8 Å². The first-order valence-corrected chi connectivity index (χ1v) is 5.02. The predicted molar refractivity (Wildman–Crippen MR) is 55.7 cm³/mol. The Morgan fingerprint density at radius 3 is 2.69 bits per heavy atom. The van der Waals surface area contributed by atoms with Crippen molar-refractivity contribution in [2.45, 2.75) is 19.9 Å². The van der Waals surface area contributed by atoms with E-state index in [2.05, 4.69) is 25.3 Å². The third kappa shape index (κ3) is 2.51. The van der Waals surface area contributed by atoms with Crippen LogP contribution in [0.2, 0.25) is 0 Å². The van der Waals surface area contributed by atoms with Gasteiger partial charge in [-0.05, 0) is 25.5 Å². The van der Waals surface area contributed by atoms with E-state index in [1.54, 1.807) is 18.4 Å². The van der Waals surface area contributed by atoms with Crippen LogP contribution in [0.25, 0.3) is 0 Å². The van der Waals surface area contributed by atoms with E-state index >= 15 is 0 Å². The van der Waals surface area contributed by atoms with E-state index in [1.165, 1.54) is 15.3 Å². The maximum Gasteiger partial charge on any atom is 0.0786 e. The van der Waals surface area contributed by atoms with Gasteiger partial charge < -0.3 is 4.74 Å². The fourth-order valence-corrected chi connectivity index (χ4v) is 2.24. The molecule has 1 rings (SSSR count). The van der Waals surface area contributed by atoms with Gasteiger partial charge in [0.2, 0.25) is 0 Å². The summed E-state index contributed by atoms with van der Waals surface area (Å²) in [6, 6.07) is 2.27. The highest BCUT2D eigenvalue weighted by atomic mass is 32.1. The summed E-state index contributed by atoms with van der Waals surface area (Å²) in [5, 5.41) is 0. The molecule has 0 aliphatic heterocycles. The summed E-state index contributed by atoms with van der Waals surface area (Å²) in [6.45, 7) is 4.83. The smallest absolute Gasteiger partial charge is 0.0786 e. The number of rotatable bonds is 4. The lowest BCUT2D eigenvalue weighted by molar-refractivity contribution is 0.168. The van der Waals surface area contributed by atoms with Crippen LogP contribution in [0.5, 0.6) is 0 Å². The fraction of sp³-hybridized carbons (Fsp3) is 0.556. The van der Waals surface area contributed by atoms with E-state index in [-0.39, 0.29) is 6.04 Å². The van der Waals surface area contributed by atoms with Crippen LogP contribution in [-0.4, -0.2) is 13.7 Å². The quantitative estimate of drug-likeness (QED) is 0.572. The van der Waals surface area contributed by atoms with Crippen molar-refractivity contribution in [1.29, 1.82) is 0 Å². The first-order chi connectivity index (χ1) is 6.19. The molecule has 1 atom stereocenters. The van der Waals surface area contributed by atoms with Crippen molar-refractivity contribution < 1.29 is 4.74 Å². The van der Waals surface area contributed by atoms with E-state index in [9.17, 15) is 0 Å². The molecule has 3 N–H and O–H groups in total.